The van der Waals surface area contributed by atoms with Crippen LogP contribution in [0.5, 0.6) is 0 Å². The molecule has 3 unspecified atom stereocenters. The SMILES string of the molecule is C=CC1(C)CCCC(C)C1O. The Morgan fingerprint density at radius 1 is 1.64 bits per heavy atom. The molecule has 0 amide bonds. The van der Waals surface area contributed by atoms with Gasteiger partial charge in [0, 0.05) is 5.41 Å². The van der Waals surface area contributed by atoms with Crippen molar-refractivity contribution < 1.29 is 5.11 Å². The molecule has 1 aliphatic carbocycles. The molecule has 1 fully saturated rings. The maximum absolute atomic E-state index is 9.83. The van der Waals surface area contributed by atoms with E-state index in [9.17, 15) is 5.11 Å². The first-order valence-electron chi connectivity index (χ1n) is 4.42. The average Bonchev–Trinajstić information content (AvgIpc) is 2.00. The first-order chi connectivity index (χ1) is 5.10. The maximum Gasteiger partial charge on any atom is 0.0653 e. The molecule has 0 saturated heterocycles. The predicted molar refractivity (Wildman–Crippen MR) is 47.3 cm³/mol. The van der Waals surface area contributed by atoms with E-state index in [2.05, 4.69) is 20.4 Å². The Morgan fingerprint density at radius 2 is 2.27 bits per heavy atom. The summed E-state index contributed by atoms with van der Waals surface area (Å²) in [7, 11) is 0. The first-order valence-corrected chi connectivity index (χ1v) is 4.42. The van der Waals surface area contributed by atoms with Crippen LogP contribution in [0.2, 0.25) is 0 Å². The molecule has 64 valence electrons. The van der Waals surface area contributed by atoms with Crippen LogP contribution in [-0.4, -0.2) is 11.2 Å². The lowest BCUT2D eigenvalue weighted by atomic mass is 9.69. The van der Waals surface area contributed by atoms with Gasteiger partial charge in [0.25, 0.3) is 0 Å². The van der Waals surface area contributed by atoms with Gasteiger partial charge in [0.2, 0.25) is 0 Å². The van der Waals surface area contributed by atoms with Crippen molar-refractivity contribution in [2.75, 3.05) is 0 Å². The molecular weight excluding hydrogens is 136 g/mol. The van der Waals surface area contributed by atoms with Crippen LogP contribution in [0.1, 0.15) is 33.1 Å². The molecule has 1 aliphatic rings. The highest BCUT2D eigenvalue weighted by molar-refractivity contribution is 5.00. The lowest BCUT2D eigenvalue weighted by Crippen LogP contribution is -2.39. The van der Waals surface area contributed by atoms with Gasteiger partial charge in [0.1, 0.15) is 0 Å². The van der Waals surface area contributed by atoms with Crippen LogP contribution in [0.3, 0.4) is 0 Å². The van der Waals surface area contributed by atoms with Crippen LogP contribution in [0.25, 0.3) is 0 Å². The second-order valence-corrected chi connectivity index (χ2v) is 4.02. The Balaban J connectivity index is 2.72. The van der Waals surface area contributed by atoms with E-state index in [-0.39, 0.29) is 11.5 Å². The van der Waals surface area contributed by atoms with Gasteiger partial charge in [-0.25, -0.2) is 0 Å². The molecule has 0 aliphatic heterocycles. The fraction of sp³-hybridized carbons (Fsp3) is 0.800. The van der Waals surface area contributed by atoms with Crippen LogP contribution in [0, 0.1) is 11.3 Å². The molecule has 0 spiro atoms. The summed E-state index contributed by atoms with van der Waals surface area (Å²) in [6.07, 6.45) is 5.19. The zero-order chi connectivity index (χ0) is 8.48. The molecule has 1 nitrogen and oxygen atoms in total. The maximum atomic E-state index is 9.83. The molecule has 11 heavy (non-hydrogen) atoms. The number of hydrogen-bond donors (Lipinski definition) is 1. The van der Waals surface area contributed by atoms with E-state index in [0.717, 1.165) is 12.8 Å². The molecule has 1 rings (SSSR count). The van der Waals surface area contributed by atoms with Crippen molar-refractivity contribution in [1.29, 1.82) is 0 Å². The van der Waals surface area contributed by atoms with Gasteiger partial charge in [-0.1, -0.05) is 26.3 Å². The van der Waals surface area contributed by atoms with E-state index in [4.69, 9.17) is 0 Å². The van der Waals surface area contributed by atoms with Crippen molar-refractivity contribution >= 4 is 0 Å². The summed E-state index contributed by atoms with van der Waals surface area (Å²) in [5.74, 6) is 0.437. The van der Waals surface area contributed by atoms with Gasteiger partial charge in [-0.15, -0.1) is 6.58 Å². The highest BCUT2D eigenvalue weighted by Crippen LogP contribution is 2.39. The summed E-state index contributed by atoms with van der Waals surface area (Å²) < 4.78 is 0. The number of hydrogen-bond acceptors (Lipinski definition) is 1. The minimum atomic E-state index is -0.186. The summed E-state index contributed by atoms with van der Waals surface area (Å²) in [6.45, 7) is 8.00. The van der Waals surface area contributed by atoms with Gasteiger partial charge < -0.3 is 5.11 Å². The third kappa shape index (κ3) is 1.48. The highest BCUT2D eigenvalue weighted by Gasteiger charge is 2.36. The van der Waals surface area contributed by atoms with Crippen molar-refractivity contribution in [1.82, 2.24) is 0 Å². The number of aliphatic hydroxyl groups excluding tert-OH is 1. The fourth-order valence-corrected chi connectivity index (χ4v) is 1.98. The van der Waals surface area contributed by atoms with Crippen LogP contribution in [0.15, 0.2) is 12.7 Å². The predicted octanol–water partition coefficient (Wildman–Crippen LogP) is 2.36. The Kier molecular flexibility index (Phi) is 2.38. The summed E-state index contributed by atoms with van der Waals surface area (Å²) in [5, 5.41) is 9.83. The van der Waals surface area contributed by atoms with Crippen molar-refractivity contribution in [2.24, 2.45) is 11.3 Å². The van der Waals surface area contributed by atoms with Crippen molar-refractivity contribution in [3.05, 3.63) is 12.7 Å². The van der Waals surface area contributed by atoms with E-state index < -0.39 is 0 Å². The zero-order valence-corrected chi connectivity index (χ0v) is 7.51. The van der Waals surface area contributed by atoms with Gasteiger partial charge in [0.05, 0.1) is 6.10 Å². The second-order valence-electron chi connectivity index (χ2n) is 4.02. The standard InChI is InChI=1S/C10H18O/c1-4-10(3)7-5-6-8(2)9(10)11/h4,8-9,11H,1,5-7H2,2-3H3. The molecular formula is C10H18O. The summed E-state index contributed by atoms with van der Waals surface area (Å²) in [6, 6.07) is 0. The lowest BCUT2D eigenvalue weighted by Gasteiger charge is -2.39. The minimum absolute atomic E-state index is 0.0301. The Labute approximate surface area is 69.1 Å². The molecule has 1 N–H and O–H groups in total. The molecule has 1 saturated carbocycles. The fourth-order valence-electron chi connectivity index (χ4n) is 1.98. The topological polar surface area (TPSA) is 20.2 Å². The Hall–Kier alpha value is -0.300. The monoisotopic (exact) mass is 154 g/mol. The van der Waals surface area contributed by atoms with E-state index in [1.807, 2.05) is 6.08 Å². The smallest absolute Gasteiger partial charge is 0.0653 e. The van der Waals surface area contributed by atoms with Crippen LogP contribution < -0.4 is 0 Å². The molecule has 0 aromatic rings. The molecule has 0 radical (unpaired) electrons. The zero-order valence-electron chi connectivity index (χ0n) is 7.51. The normalized spacial score (nSPS) is 45.4. The molecule has 0 aromatic heterocycles. The summed E-state index contributed by atoms with van der Waals surface area (Å²) in [5.41, 5.74) is -0.0301. The number of aliphatic hydroxyl groups is 1. The van der Waals surface area contributed by atoms with Crippen molar-refractivity contribution in [3.8, 4) is 0 Å². The minimum Gasteiger partial charge on any atom is -0.392 e. The average molecular weight is 154 g/mol. The van der Waals surface area contributed by atoms with Crippen LogP contribution in [0.4, 0.5) is 0 Å². The largest absolute Gasteiger partial charge is 0.392 e. The third-order valence-corrected chi connectivity index (χ3v) is 3.06. The van der Waals surface area contributed by atoms with Crippen LogP contribution >= 0.6 is 0 Å². The molecule has 3 atom stereocenters. The first kappa shape index (κ1) is 8.79. The summed E-state index contributed by atoms with van der Waals surface area (Å²) in [4.78, 5) is 0. The molecule has 0 heterocycles. The highest BCUT2D eigenvalue weighted by atomic mass is 16.3. The van der Waals surface area contributed by atoms with Crippen molar-refractivity contribution in [2.45, 2.75) is 39.2 Å². The number of rotatable bonds is 1. The van der Waals surface area contributed by atoms with Crippen molar-refractivity contribution in [3.63, 3.8) is 0 Å². The molecule has 0 aromatic carbocycles. The summed E-state index contributed by atoms with van der Waals surface area (Å²) >= 11 is 0. The Bertz CT molecular complexity index is 153. The van der Waals surface area contributed by atoms with Gasteiger partial charge in [-0.2, -0.15) is 0 Å². The quantitative estimate of drug-likeness (QED) is 0.575. The van der Waals surface area contributed by atoms with Gasteiger partial charge in [-0.05, 0) is 18.8 Å². The van der Waals surface area contributed by atoms with E-state index in [0.29, 0.717) is 5.92 Å². The molecule has 0 bridgehead atoms. The third-order valence-electron chi connectivity index (χ3n) is 3.06. The second kappa shape index (κ2) is 2.98. The molecule has 1 heteroatoms. The Morgan fingerprint density at radius 3 is 2.73 bits per heavy atom. The van der Waals surface area contributed by atoms with Gasteiger partial charge in [0.15, 0.2) is 0 Å². The van der Waals surface area contributed by atoms with E-state index in [1.165, 1.54) is 6.42 Å². The van der Waals surface area contributed by atoms with Gasteiger partial charge >= 0.3 is 0 Å². The van der Waals surface area contributed by atoms with Gasteiger partial charge in [-0.3, -0.25) is 0 Å². The van der Waals surface area contributed by atoms with E-state index >= 15 is 0 Å². The van der Waals surface area contributed by atoms with E-state index in [1.54, 1.807) is 0 Å². The lowest BCUT2D eigenvalue weighted by molar-refractivity contribution is -0.00816. The van der Waals surface area contributed by atoms with Crippen LogP contribution in [-0.2, 0) is 0 Å².